The molecule has 1 aliphatic heterocycles. The number of piperidine rings is 1. The monoisotopic (exact) mass is 318 g/mol. The first-order chi connectivity index (χ1) is 9.41. The third kappa shape index (κ3) is 3.47. The molecule has 0 spiro atoms. The summed E-state index contributed by atoms with van der Waals surface area (Å²) in [5.74, 6) is -0.0361. The van der Waals surface area contributed by atoms with E-state index in [9.17, 15) is 13.2 Å². The topological polar surface area (TPSA) is 105 Å². The first-order valence-electron chi connectivity index (χ1n) is 6.43. The van der Waals surface area contributed by atoms with E-state index in [1.54, 1.807) is 0 Å². The highest BCUT2D eigenvalue weighted by molar-refractivity contribution is 7.91. The quantitative estimate of drug-likeness (QED) is 0.821. The van der Waals surface area contributed by atoms with E-state index in [2.05, 4.69) is 10.3 Å². The average Bonchev–Trinajstić information content (AvgIpc) is 2.89. The van der Waals surface area contributed by atoms with Crippen LogP contribution in [0.15, 0.2) is 10.4 Å². The van der Waals surface area contributed by atoms with Crippen LogP contribution < -0.4 is 15.4 Å². The first kappa shape index (κ1) is 15.2. The van der Waals surface area contributed by atoms with Crippen molar-refractivity contribution >= 4 is 32.4 Å². The molecule has 2 rings (SSSR count). The van der Waals surface area contributed by atoms with Crippen molar-refractivity contribution in [3.05, 3.63) is 6.20 Å². The van der Waals surface area contributed by atoms with Crippen molar-refractivity contribution in [3.8, 4) is 0 Å². The number of hydrogen-bond acceptors (Lipinski definition) is 6. The van der Waals surface area contributed by atoms with E-state index in [-0.39, 0.29) is 16.0 Å². The van der Waals surface area contributed by atoms with E-state index in [0.29, 0.717) is 18.2 Å². The average molecular weight is 318 g/mol. The van der Waals surface area contributed by atoms with Crippen molar-refractivity contribution < 1.29 is 13.2 Å². The molecular weight excluding hydrogens is 300 g/mol. The molecule has 0 bridgehead atoms. The van der Waals surface area contributed by atoms with E-state index in [0.717, 1.165) is 30.7 Å². The van der Waals surface area contributed by atoms with Gasteiger partial charge in [-0.25, -0.2) is 18.5 Å². The van der Waals surface area contributed by atoms with E-state index in [1.807, 2.05) is 11.8 Å². The van der Waals surface area contributed by atoms with Crippen LogP contribution in [0.25, 0.3) is 0 Å². The summed E-state index contributed by atoms with van der Waals surface area (Å²) in [4.78, 5) is 17.9. The van der Waals surface area contributed by atoms with Gasteiger partial charge in [0, 0.05) is 19.6 Å². The number of primary sulfonamides is 1. The molecule has 0 aliphatic carbocycles. The summed E-state index contributed by atoms with van der Waals surface area (Å²) in [6, 6.07) is 0. The van der Waals surface area contributed by atoms with E-state index in [4.69, 9.17) is 5.14 Å². The number of aromatic nitrogens is 1. The van der Waals surface area contributed by atoms with Gasteiger partial charge in [0.05, 0.1) is 12.1 Å². The second-order valence-corrected chi connectivity index (χ2v) is 7.48. The van der Waals surface area contributed by atoms with Crippen LogP contribution in [0.4, 0.5) is 5.13 Å². The van der Waals surface area contributed by atoms with Gasteiger partial charge in [-0.3, -0.25) is 4.79 Å². The fraction of sp³-hybridized carbons (Fsp3) is 0.636. The number of nitrogens with one attached hydrogen (secondary N) is 1. The summed E-state index contributed by atoms with van der Waals surface area (Å²) in [6.07, 6.45) is 2.99. The van der Waals surface area contributed by atoms with Crippen molar-refractivity contribution in [2.24, 2.45) is 11.1 Å². The van der Waals surface area contributed by atoms with E-state index < -0.39 is 10.0 Å². The van der Waals surface area contributed by atoms with Crippen molar-refractivity contribution in [2.45, 2.75) is 24.0 Å². The lowest BCUT2D eigenvalue weighted by Gasteiger charge is -2.31. The second kappa shape index (κ2) is 6.06. The third-order valence-electron chi connectivity index (χ3n) is 3.17. The molecule has 1 aliphatic rings. The summed E-state index contributed by atoms with van der Waals surface area (Å²) in [5, 5.41) is 8.49. The summed E-state index contributed by atoms with van der Waals surface area (Å²) in [5.41, 5.74) is 0. The zero-order chi connectivity index (χ0) is 14.8. The van der Waals surface area contributed by atoms with Crippen LogP contribution in [-0.4, -0.2) is 38.9 Å². The maximum Gasteiger partial charge on any atom is 0.249 e. The molecule has 0 saturated carbocycles. The lowest BCUT2D eigenvalue weighted by molar-refractivity contribution is -0.125. The predicted molar refractivity (Wildman–Crippen MR) is 77.1 cm³/mol. The molecule has 1 saturated heterocycles. The van der Waals surface area contributed by atoms with Crippen LogP contribution in [0.2, 0.25) is 0 Å². The summed E-state index contributed by atoms with van der Waals surface area (Å²) in [7, 11) is -3.71. The fourth-order valence-corrected chi connectivity index (χ4v) is 3.79. The van der Waals surface area contributed by atoms with Crippen molar-refractivity contribution in [1.29, 1.82) is 0 Å². The third-order valence-corrected chi connectivity index (χ3v) is 5.63. The highest BCUT2D eigenvalue weighted by Crippen LogP contribution is 2.29. The Morgan fingerprint density at radius 3 is 3.00 bits per heavy atom. The number of carbonyl (C=O) groups is 1. The highest BCUT2D eigenvalue weighted by atomic mass is 32.2. The lowest BCUT2D eigenvalue weighted by atomic mass is 9.97. The van der Waals surface area contributed by atoms with Crippen LogP contribution in [0.3, 0.4) is 0 Å². The van der Waals surface area contributed by atoms with E-state index >= 15 is 0 Å². The maximum absolute atomic E-state index is 11.9. The van der Waals surface area contributed by atoms with Gasteiger partial charge < -0.3 is 10.2 Å². The Labute approximate surface area is 122 Å². The smallest absolute Gasteiger partial charge is 0.249 e. The maximum atomic E-state index is 11.9. The SMILES string of the molecule is CCNC(=O)[C@H]1CCCN(c2ncc(S(N)(=O)=O)s2)C1. The van der Waals surface area contributed by atoms with Gasteiger partial charge in [-0.15, -0.1) is 0 Å². The molecule has 1 aromatic rings. The Kier molecular flexibility index (Phi) is 4.61. The Bertz CT molecular complexity index is 584. The predicted octanol–water partition coefficient (Wildman–Crippen LogP) is 0.143. The molecule has 1 amide bonds. The van der Waals surface area contributed by atoms with Gasteiger partial charge in [0.15, 0.2) is 9.34 Å². The normalized spacial score (nSPS) is 19.9. The molecule has 1 aromatic heterocycles. The zero-order valence-electron chi connectivity index (χ0n) is 11.2. The summed E-state index contributed by atoms with van der Waals surface area (Å²) < 4.78 is 22.6. The molecule has 1 fully saturated rings. The van der Waals surface area contributed by atoms with Gasteiger partial charge in [0.25, 0.3) is 0 Å². The van der Waals surface area contributed by atoms with Gasteiger partial charge >= 0.3 is 0 Å². The number of hydrogen-bond donors (Lipinski definition) is 2. The van der Waals surface area contributed by atoms with Crippen molar-refractivity contribution in [3.63, 3.8) is 0 Å². The largest absolute Gasteiger partial charge is 0.356 e. The molecule has 7 nitrogen and oxygen atoms in total. The van der Waals surface area contributed by atoms with Gasteiger partial charge in [-0.2, -0.15) is 0 Å². The molecule has 112 valence electrons. The standard InChI is InChI=1S/C11H18N4O3S2/c1-2-13-10(16)8-4-3-5-15(7-8)11-14-6-9(19-11)20(12,17)18/h6,8H,2-5,7H2,1H3,(H,13,16)(H2,12,17,18)/t8-/m0/s1. The van der Waals surface area contributed by atoms with Gasteiger partial charge in [-0.05, 0) is 19.8 Å². The number of anilines is 1. The molecule has 2 heterocycles. The number of rotatable bonds is 4. The minimum absolute atomic E-state index is 0.0421. The van der Waals surface area contributed by atoms with Gasteiger partial charge in [-0.1, -0.05) is 11.3 Å². The second-order valence-electron chi connectivity index (χ2n) is 4.69. The molecule has 0 radical (unpaired) electrons. The number of carbonyl (C=O) groups excluding carboxylic acids is 1. The van der Waals surface area contributed by atoms with Crippen LogP contribution in [0.1, 0.15) is 19.8 Å². The number of amides is 1. The first-order valence-corrected chi connectivity index (χ1v) is 8.79. The van der Waals surface area contributed by atoms with Crippen molar-refractivity contribution in [1.82, 2.24) is 10.3 Å². The van der Waals surface area contributed by atoms with Crippen LogP contribution >= 0.6 is 11.3 Å². The minimum Gasteiger partial charge on any atom is -0.356 e. The minimum atomic E-state index is -3.71. The Hall–Kier alpha value is -1.19. The molecular formula is C11H18N4O3S2. The number of thiazole rings is 1. The molecule has 20 heavy (non-hydrogen) atoms. The van der Waals surface area contributed by atoms with E-state index in [1.165, 1.54) is 6.20 Å². The molecule has 3 N–H and O–H groups in total. The molecule has 0 aromatic carbocycles. The van der Waals surface area contributed by atoms with Crippen LogP contribution in [-0.2, 0) is 14.8 Å². The molecule has 0 unspecified atom stereocenters. The van der Waals surface area contributed by atoms with Gasteiger partial charge in [0.1, 0.15) is 0 Å². The molecule has 1 atom stereocenters. The number of nitrogens with two attached hydrogens (primary N) is 1. The van der Waals surface area contributed by atoms with Gasteiger partial charge in [0.2, 0.25) is 15.9 Å². The van der Waals surface area contributed by atoms with Crippen LogP contribution in [0, 0.1) is 5.92 Å². The Balaban J connectivity index is 2.09. The fourth-order valence-electron chi connectivity index (χ4n) is 2.21. The van der Waals surface area contributed by atoms with Crippen LogP contribution in [0.5, 0.6) is 0 Å². The van der Waals surface area contributed by atoms with Crippen molar-refractivity contribution in [2.75, 3.05) is 24.5 Å². The number of nitrogens with zero attached hydrogens (tertiary/aromatic N) is 2. The highest BCUT2D eigenvalue weighted by Gasteiger charge is 2.27. The lowest BCUT2D eigenvalue weighted by Crippen LogP contribution is -2.43. The summed E-state index contributed by atoms with van der Waals surface area (Å²) >= 11 is 1.04. The number of sulfonamides is 1. The Morgan fingerprint density at radius 2 is 2.40 bits per heavy atom. The molecule has 9 heteroatoms. The summed E-state index contributed by atoms with van der Waals surface area (Å²) in [6.45, 7) is 3.83. The zero-order valence-corrected chi connectivity index (χ0v) is 12.8. The Morgan fingerprint density at radius 1 is 1.65 bits per heavy atom.